The van der Waals surface area contributed by atoms with Gasteiger partial charge in [-0.05, 0) is 25.0 Å². The van der Waals surface area contributed by atoms with E-state index in [-0.39, 0.29) is 24.0 Å². The zero-order valence-corrected chi connectivity index (χ0v) is 14.9. The first kappa shape index (κ1) is 18.5. The Morgan fingerprint density at radius 1 is 1.38 bits per heavy atom. The lowest BCUT2D eigenvalue weighted by molar-refractivity contribution is 0.0123. The van der Waals surface area contributed by atoms with E-state index in [9.17, 15) is 14.3 Å². The van der Waals surface area contributed by atoms with Gasteiger partial charge >= 0.3 is 0 Å². The first-order chi connectivity index (χ1) is 12.5. The highest BCUT2D eigenvalue weighted by molar-refractivity contribution is 5.91. The fourth-order valence-corrected chi connectivity index (χ4v) is 2.98. The fourth-order valence-electron chi connectivity index (χ4n) is 2.98. The number of aliphatic hydroxyl groups is 1. The van der Waals surface area contributed by atoms with Gasteiger partial charge in [0.15, 0.2) is 0 Å². The van der Waals surface area contributed by atoms with Crippen molar-refractivity contribution in [2.75, 3.05) is 19.8 Å². The Labute approximate surface area is 151 Å². The number of aliphatic hydroxyl groups excluding tert-OH is 1. The summed E-state index contributed by atoms with van der Waals surface area (Å²) in [5.41, 5.74) is -0.498. The van der Waals surface area contributed by atoms with Gasteiger partial charge < -0.3 is 15.2 Å². The van der Waals surface area contributed by atoms with Crippen molar-refractivity contribution in [2.45, 2.75) is 38.1 Å². The summed E-state index contributed by atoms with van der Waals surface area (Å²) in [6, 6.07) is 6.22. The standard InChI is InChI=1S/C18H23FN4O3/c1-12(2)16-20-15(22-23(16)14-6-4-3-5-13(14)19)17(25)21-18(11-24)7-9-26-10-8-18/h3-6,12,24H,7-11H2,1-2H3,(H,21,25). The number of ether oxygens (including phenoxy) is 1. The summed E-state index contributed by atoms with van der Waals surface area (Å²) >= 11 is 0. The number of rotatable bonds is 5. The van der Waals surface area contributed by atoms with Crippen LogP contribution < -0.4 is 5.32 Å². The molecule has 0 saturated carbocycles. The molecule has 26 heavy (non-hydrogen) atoms. The minimum absolute atomic E-state index is 0.0451. The summed E-state index contributed by atoms with van der Waals surface area (Å²) < 4.78 is 20.8. The van der Waals surface area contributed by atoms with Gasteiger partial charge in [-0.2, -0.15) is 0 Å². The molecule has 1 aromatic heterocycles. The second-order valence-corrected chi connectivity index (χ2v) is 6.82. The first-order valence-electron chi connectivity index (χ1n) is 8.69. The van der Waals surface area contributed by atoms with Crippen LogP contribution in [0.1, 0.15) is 49.1 Å². The molecule has 2 heterocycles. The van der Waals surface area contributed by atoms with Crippen LogP contribution in [0.4, 0.5) is 4.39 Å². The van der Waals surface area contributed by atoms with Crippen molar-refractivity contribution < 1.29 is 19.0 Å². The van der Waals surface area contributed by atoms with Crippen LogP contribution in [0.5, 0.6) is 0 Å². The van der Waals surface area contributed by atoms with Gasteiger partial charge in [0.2, 0.25) is 5.82 Å². The van der Waals surface area contributed by atoms with Crippen molar-refractivity contribution in [3.63, 3.8) is 0 Å². The predicted octanol–water partition coefficient (Wildman–Crippen LogP) is 1.80. The molecular formula is C18H23FN4O3. The molecule has 0 spiro atoms. The van der Waals surface area contributed by atoms with E-state index >= 15 is 0 Å². The highest BCUT2D eigenvalue weighted by Crippen LogP contribution is 2.22. The number of nitrogens with one attached hydrogen (secondary N) is 1. The highest BCUT2D eigenvalue weighted by Gasteiger charge is 2.35. The second kappa shape index (κ2) is 7.51. The van der Waals surface area contributed by atoms with Gasteiger partial charge in [0.1, 0.15) is 17.3 Å². The number of carbonyl (C=O) groups excluding carboxylic acids is 1. The molecule has 1 aliphatic heterocycles. The molecule has 140 valence electrons. The lowest BCUT2D eigenvalue weighted by Gasteiger charge is -2.35. The Kier molecular flexibility index (Phi) is 5.33. The van der Waals surface area contributed by atoms with Crippen LogP contribution in [0, 0.1) is 5.82 Å². The smallest absolute Gasteiger partial charge is 0.291 e. The number of nitrogens with zero attached hydrogens (tertiary/aromatic N) is 3. The maximum Gasteiger partial charge on any atom is 0.291 e. The van der Waals surface area contributed by atoms with E-state index in [1.54, 1.807) is 18.2 Å². The van der Waals surface area contributed by atoms with E-state index in [1.807, 2.05) is 13.8 Å². The summed E-state index contributed by atoms with van der Waals surface area (Å²) in [4.78, 5) is 17.0. The van der Waals surface area contributed by atoms with E-state index in [1.165, 1.54) is 10.7 Å². The van der Waals surface area contributed by atoms with E-state index in [2.05, 4.69) is 15.4 Å². The van der Waals surface area contributed by atoms with Crippen LogP contribution in [0.3, 0.4) is 0 Å². The Balaban J connectivity index is 1.92. The molecule has 0 unspecified atom stereocenters. The largest absolute Gasteiger partial charge is 0.394 e. The lowest BCUT2D eigenvalue weighted by atomic mass is 9.91. The zero-order chi connectivity index (χ0) is 18.7. The predicted molar refractivity (Wildman–Crippen MR) is 92.7 cm³/mol. The van der Waals surface area contributed by atoms with E-state index in [4.69, 9.17) is 4.74 Å². The van der Waals surface area contributed by atoms with Gasteiger partial charge in [0, 0.05) is 19.1 Å². The maximum atomic E-state index is 14.2. The number of aromatic nitrogens is 3. The molecule has 7 nitrogen and oxygen atoms in total. The van der Waals surface area contributed by atoms with E-state index < -0.39 is 17.3 Å². The molecule has 3 rings (SSSR count). The van der Waals surface area contributed by atoms with Crippen molar-refractivity contribution in [2.24, 2.45) is 0 Å². The maximum absolute atomic E-state index is 14.2. The molecule has 1 saturated heterocycles. The molecule has 1 aliphatic rings. The molecule has 2 aromatic rings. The molecule has 0 aliphatic carbocycles. The lowest BCUT2D eigenvalue weighted by Crippen LogP contribution is -2.54. The average Bonchev–Trinajstić information content (AvgIpc) is 3.08. The first-order valence-corrected chi connectivity index (χ1v) is 8.69. The monoisotopic (exact) mass is 362 g/mol. The van der Waals surface area contributed by atoms with Crippen LogP contribution in [0.25, 0.3) is 5.69 Å². The highest BCUT2D eigenvalue weighted by atomic mass is 19.1. The van der Waals surface area contributed by atoms with Crippen LogP contribution in [0.15, 0.2) is 24.3 Å². The van der Waals surface area contributed by atoms with Crippen molar-refractivity contribution in [1.82, 2.24) is 20.1 Å². The number of hydrogen-bond donors (Lipinski definition) is 2. The number of halogens is 1. The Morgan fingerprint density at radius 2 is 2.08 bits per heavy atom. The molecule has 0 radical (unpaired) electrons. The Morgan fingerprint density at radius 3 is 2.69 bits per heavy atom. The minimum Gasteiger partial charge on any atom is -0.394 e. The van der Waals surface area contributed by atoms with Gasteiger partial charge in [-0.3, -0.25) is 4.79 Å². The molecule has 1 aromatic carbocycles. The fraction of sp³-hybridized carbons (Fsp3) is 0.500. The van der Waals surface area contributed by atoms with Crippen molar-refractivity contribution in [3.05, 3.63) is 41.7 Å². The van der Waals surface area contributed by atoms with Crippen molar-refractivity contribution >= 4 is 5.91 Å². The summed E-state index contributed by atoms with van der Waals surface area (Å²) in [5, 5.41) is 16.8. The number of benzene rings is 1. The van der Waals surface area contributed by atoms with E-state index in [0.717, 1.165) is 0 Å². The van der Waals surface area contributed by atoms with Crippen molar-refractivity contribution in [1.29, 1.82) is 0 Å². The minimum atomic E-state index is -0.739. The zero-order valence-electron chi connectivity index (χ0n) is 14.9. The van der Waals surface area contributed by atoms with Crippen LogP contribution >= 0.6 is 0 Å². The summed E-state index contributed by atoms with van der Waals surface area (Å²) in [6.45, 7) is 4.55. The SMILES string of the molecule is CC(C)c1nc(C(=O)NC2(CO)CCOCC2)nn1-c1ccccc1F. The molecule has 1 amide bonds. The number of amides is 1. The normalized spacial score (nSPS) is 16.7. The molecule has 0 bridgehead atoms. The summed E-state index contributed by atoms with van der Waals surface area (Å²) in [7, 11) is 0. The van der Waals surface area contributed by atoms with Gasteiger partial charge in [-0.15, -0.1) is 5.10 Å². The molecular weight excluding hydrogens is 339 g/mol. The van der Waals surface area contributed by atoms with Crippen LogP contribution in [-0.2, 0) is 4.74 Å². The second-order valence-electron chi connectivity index (χ2n) is 6.82. The van der Waals surface area contributed by atoms with Crippen LogP contribution in [0.2, 0.25) is 0 Å². The molecule has 0 atom stereocenters. The molecule has 8 heteroatoms. The Hall–Kier alpha value is -2.32. The third-order valence-corrected chi connectivity index (χ3v) is 4.56. The number of carbonyl (C=O) groups is 1. The summed E-state index contributed by atoms with van der Waals surface area (Å²) in [6.07, 6.45) is 1.03. The van der Waals surface area contributed by atoms with Crippen molar-refractivity contribution in [3.8, 4) is 5.69 Å². The molecule has 2 N–H and O–H groups in total. The van der Waals surface area contributed by atoms with Gasteiger partial charge in [-0.1, -0.05) is 26.0 Å². The van der Waals surface area contributed by atoms with Crippen LogP contribution in [-0.4, -0.2) is 51.1 Å². The third kappa shape index (κ3) is 3.61. The van der Waals surface area contributed by atoms with Gasteiger partial charge in [-0.25, -0.2) is 14.1 Å². The van der Waals surface area contributed by atoms with E-state index in [0.29, 0.717) is 31.9 Å². The topological polar surface area (TPSA) is 89.3 Å². The summed E-state index contributed by atoms with van der Waals surface area (Å²) in [5.74, 6) is -0.541. The quantitative estimate of drug-likeness (QED) is 0.847. The Bertz CT molecular complexity index is 784. The van der Waals surface area contributed by atoms with Gasteiger partial charge in [0.05, 0.1) is 12.1 Å². The number of para-hydroxylation sites is 1. The van der Waals surface area contributed by atoms with Gasteiger partial charge in [0.25, 0.3) is 5.91 Å². The third-order valence-electron chi connectivity index (χ3n) is 4.56. The average molecular weight is 362 g/mol. The molecule has 1 fully saturated rings. The number of hydrogen-bond acceptors (Lipinski definition) is 5.